The Morgan fingerprint density at radius 2 is 2.04 bits per heavy atom. The Labute approximate surface area is 141 Å². The van der Waals surface area contributed by atoms with Gasteiger partial charge in [-0.25, -0.2) is 4.79 Å². The summed E-state index contributed by atoms with van der Waals surface area (Å²) >= 11 is 0. The minimum atomic E-state index is -0.768. The molecule has 3 rings (SSSR count). The minimum absolute atomic E-state index is 0.0249. The Kier molecular flexibility index (Phi) is 4.55. The van der Waals surface area contributed by atoms with E-state index in [4.69, 9.17) is 0 Å². The zero-order valence-electron chi connectivity index (χ0n) is 13.9. The number of benzene rings is 1. The van der Waals surface area contributed by atoms with Crippen molar-refractivity contribution in [2.24, 2.45) is 0 Å². The molecule has 6 nitrogen and oxygen atoms in total. The highest BCUT2D eigenvalue weighted by Crippen LogP contribution is 2.40. The molecule has 1 unspecified atom stereocenters. The molecule has 1 aliphatic carbocycles. The highest BCUT2D eigenvalue weighted by atomic mass is 16.2. The van der Waals surface area contributed by atoms with Crippen LogP contribution in [-0.2, 0) is 15.0 Å². The van der Waals surface area contributed by atoms with Gasteiger partial charge in [0.25, 0.3) is 5.91 Å². The number of urea groups is 1. The second-order valence-corrected chi connectivity index (χ2v) is 6.85. The maximum absolute atomic E-state index is 12.2. The fraction of sp³-hybridized carbons (Fsp3) is 0.500. The number of nitrogens with one attached hydrogen (secondary N) is 3. The van der Waals surface area contributed by atoms with E-state index in [1.54, 1.807) is 0 Å². The zero-order valence-corrected chi connectivity index (χ0v) is 13.9. The lowest BCUT2D eigenvalue weighted by molar-refractivity contribution is -0.126. The first-order valence-corrected chi connectivity index (χ1v) is 8.44. The van der Waals surface area contributed by atoms with Crippen LogP contribution in [0.2, 0.25) is 0 Å². The molecule has 0 radical (unpaired) electrons. The van der Waals surface area contributed by atoms with E-state index in [0.717, 1.165) is 25.7 Å². The average Bonchev–Trinajstić information content (AvgIpc) is 3.13. The molecule has 2 fully saturated rings. The van der Waals surface area contributed by atoms with Crippen molar-refractivity contribution in [1.82, 2.24) is 16.0 Å². The van der Waals surface area contributed by atoms with Crippen molar-refractivity contribution in [3.05, 3.63) is 35.4 Å². The molecule has 24 heavy (non-hydrogen) atoms. The Morgan fingerprint density at radius 1 is 1.29 bits per heavy atom. The Morgan fingerprint density at radius 3 is 2.67 bits per heavy atom. The molecular weight excluding hydrogens is 306 g/mol. The van der Waals surface area contributed by atoms with Gasteiger partial charge >= 0.3 is 6.03 Å². The molecule has 1 heterocycles. The standard InChI is InChI=1S/C18H23N3O3/c1-12-5-4-6-13(9-12)18(7-2-3-8-18)11-19-15(22)10-14-16(23)21-17(24)20-14/h4-6,9,14H,2-3,7-8,10-11H2,1H3,(H,19,22)(H2,20,21,23,24). The van der Waals surface area contributed by atoms with E-state index in [1.165, 1.54) is 11.1 Å². The maximum Gasteiger partial charge on any atom is 0.322 e. The molecule has 1 saturated carbocycles. The number of carbonyl (C=O) groups excluding carboxylic acids is 3. The van der Waals surface area contributed by atoms with Crippen LogP contribution in [0.15, 0.2) is 24.3 Å². The third kappa shape index (κ3) is 3.42. The number of hydrogen-bond donors (Lipinski definition) is 3. The van der Waals surface area contributed by atoms with Gasteiger partial charge < -0.3 is 10.6 Å². The van der Waals surface area contributed by atoms with Crippen molar-refractivity contribution in [1.29, 1.82) is 0 Å². The molecule has 128 valence electrons. The summed E-state index contributed by atoms with van der Waals surface area (Å²) in [6, 6.07) is 7.16. The van der Waals surface area contributed by atoms with E-state index in [1.807, 2.05) is 0 Å². The van der Waals surface area contributed by atoms with Gasteiger partial charge in [-0.05, 0) is 25.3 Å². The summed E-state index contributed by atoms with van der Waals surface area (Å²) in [6.45, 7) is 2.64. The van der Waals surface area contributed by atoms with Crippen LogP contribution in [0.4, 0.5) is 4.79 Å². The summed E-state index contributed by atoms with van der Waals surface area (Å²) in [6.07, 6.45) is 4.39. The third-order valence-corrected chi connectivity index (χ3v) is 5.06. The molecule has 1 aliphatic heterocycles. The first kappa shape index (κ1) is 16.5. The first-order chi connectivity index (χ1) is 11.5. The molecule has 1 atom stereocenters. The first-order valence-electron chi connectivity index (χ1n) is 8.44. The van der Waals surface area contributed by atoms with E-state index in [0.29, 0.717) is 6.54 Å². The van der Waals surface area contributed by atoms with Gasteiger partial charge in [0.1, 0.15) is 6.04 Å². The Hall–Kier alpha value is -2.37. The van der Waals surface area contributed by atoms with Crippen LogP contribution in [0.5, 0.6) is 0 Å². The van der Waals surface area contributed by atoms with E-state index < -0.39 is 18.0 Å². The van der Waals surface area contributed by atoms with Crippen LogP contribution in [0.25, 0.3) is 0 Å². The second-order valence-electron chi connectivity index (χ2n) is 6.85. The van der Waals surface area contributed by atoms with Crippen LogP contribution in [0.1, 0.15) is 43.2 Å². The molecule has 1 aromatic rings. The van der Waals surface area contributed by atoms with Gasteiger partial charge in [0.05, 0.1) is 6.42 Å². The normalized spacial score (nSPS) is 22.1. The van der Waals surface area contributed by atoms with Crippen molar-refractivity contribution in [2.75, 3.05) is 6.54 Å². The van der Waals surface area contributed by atoms with Gasteiger partial charge in [0, 0.05) is 12.0 Å². The highest BCUT2D eigenvalue weighted by Gasteiger charge is 2.37. The highest BCUT2D eigenvalue weighted by molar-refractivity contribution is 6.05. The van der Waals surface area contributed by atoms with E-state index in [2.05, 4.69) is 47.1 Å². The second kappa shape index (κ2) is 6.63. The maximum atomic E-state index is 12.2. The topological polar surface area (TPSA) is 87.3 Å². The number of amides is 4. The van der Waals surface area contributed by atoms with Crippen LogP contribution < -0.4 is 16.0 Å². The van der Waals surface area contributed by atoms with Crippen molar-refractivity contribution >= 4 is 17.8 Å². The molecular formula is C18H23N3O3. The largest absolute Gasteiger partial charge is 0.355 e. The van der Waals surface area contributed by atoms with Gasteiger partial charge in [-0.3, -0.25) is 14.9 Å². The van der Waals surface area contributed by atoms with Gasteiger partial charge in [-0.15, -0.1) is 0 Å². The quantitative estimate of drug-likeness (QED) is 0.716. The molecule has 0 aromatic heterocycles. The minimum Gasteiger partial charge on any atom is -0.355 e. The average molecular weight is 329 g/mol. The van der Waals surface area contributed by atoms with Crippen LogP contribution in [0.3, 0.4) is 0 Å². The lowest BCUT2D eigenvalue weighted by atomic mass is 9.78. The smallest absolute Gasteiger partial charge is 0.322 e. The molecule has 0 spiro atoms. The molecule has 6 heteroatoms. The lowest BCUT2D eigenvalue weighted by Crippen LogP contribution is -2.42. The zero-order chi connectivity index (χ0) is 17.2. The van der Waals surface area contributed by atoms with Crippen molar-refractivity contribution in [3.63, 3.8) is 0 Å². The van der Waals surface area contributed by atoms with Gasteiger partial charge in [-0.1, -0.05) is 42.7 Å². The van der Waals surface area contributed by atoms with E-state index >= 15 is 0 Å². The Bertz CT molecular complexity index is 665. The molecule has 1 aromatic carbocycles. The van der Waals surface area contributed by atoms with Crippen molar-refractivity contribution < 1.29 is 14.4 Å². The molecule has 2 aliphatic rings. The van der Waals surface area contributed by atoms with Crippen LogP contribution >= 0.6 is 0 Å². The fourth-order valence-corrected chi connectivity index (χ4v) is 3.72. The van der Waals surface area contributed by atoms with Crippen LogP contribution in [-0.4, -0.2) is 30.4 Å². The van der Waals surface area contributed by atoms with Gasteiger partial charge in [-0.2, -0.15) is 0 Å². The fourth-order valence-electron chi connectivity index (χ4n) is 3.72. The summed E-state index contributed by atoms with van der Waals surface area (Å²) in [5.74, 6) is -0.652. The lowest BCUT2D eigenvalue weighted by Gasteiger charge is -2.30. The molecule has 4 amide bonds. The number of rotatable bonds is 5. The summed E-state index contributed by atoms with van der Waals surface area (Å²) in [5.41, 5.74) is 2.46. The van der Waals surface area contributed by atoms with E-state index in [9.17, 15) is 14.4 Å². The third-order valence-electron chi connectivity index (χ3n) is 5.06. The summed E-state index contributed by atoms with van der Waals surface area (Å²) in [4.78, 5) is 34.8. The van der Waals surface area contributed by atoms with E-state index in [-0.39, 0.29) is 17.7 Å². The number of hydrogen-bond acceptors (Lipinski definition) is 3. The predicted octanol–water partition coefficient (Wildman–Crippen LogP) is 1.52. The van der Waals surface area contributed by atoms with Crippen LogP contribution in [0, 0.1) is 6.92 Å². The van der Waals surface area contributed by atoms with Crippen molar-refractivity contribution in [3.8, 4) is 0 Å². The Balaban J connectivity index is 1.63. The molecule has 0 bridgehead atoms. The monoisotopic (exact) mass is 329 g/mol. The van der Waals surface area contributed by atoms with Gasteiger partial charge in [0.2, 0.25) is 5.91 Å². The predicted molar refractivity (Wildman–Crippen MR) is 89.4 cm³/mol. The number of imide groups is 1. The van der Waals surface area contributed by atoms with Gasteiger partial charge in [0.15, 0.2) is 0 Å². The molecule has 1 saturated heterocycles. The summed E-state index contributed by atoms with van der Waals surface area (Å²) in [5, 5.41) is 7.57. The SMILES string of the molecule is Cc1cccc(C2(CNC(=O)CC3NC(=O)NC3=O)CCCC2)c1. The number of carbonyl (C=O) groups is 3. The summed E-state index contributed by atoms with van der Waals surface area (Å²) < 4.78 is 0. The summed E-state index contributed by atoms with van der Waals surface area (Å²) in [7, 11) is 0. The molecule has 3 N–H and O–H groups in total. The van der Waals surface area contributed by atoms with Crippen molar-refractivity contribution in [2.45, 2.75) is 50.5 Å². The number of aryl methyl sites for hydroxylation is 1.